The average molecular weight is 875 g/mol. The smallest absolute Gasteiger partial charge is 0.182 e. The van der Waals surface area contributed by atoms with Gasteiger partial charge in [0, 0.05) is 64.9 Å². The molecule has 0 aliphatic heterocycles. The largest absolute Gasteiger partial charge is 0.378 e. The summed E-state index contributed by atoms with van der Waals surface area (Å²) in [6, 6.07) is 34.8. The number of benzene rings is 2. The number of H-pyrrole nitrogens is 2. The number of pyridine rings is 4. The van der Waals surface area contributed by atoms with Crippen molar-refractivity contribution in [3.05, 3.63) is 156 Å². The van der Waals surface area contributed by atoms with Gasteiger partial charge in [-0.2, -0.15) is 5.10 Å². The van der Waals surface area contributed by atoms with E-state index in [1.54, 1.807) is 10.8 Å². The fourth-order valence-electron chi connectivity index (χ4n) is 8.15. The molecular formula is C50H50N16. The van der Waals surface area contributed by atoms with Gasteiger partial charge in [0.2, 0.25) is 0 Å². The number of aromatic amines is 2. The van der Waals surface area contributed by atoms with Gasteiger partial charge in [0.15, 0.2) is 17.1 Å². The molecule has 0 radical (unpaired) electrons. The normalized spacial score (nSPS) is 11.7. The minimum Gasteiger partial charge on any atom is -0.378 e. The van der Waals surface area contributed by atoms with Crippen LogP contribution in [-0.2, 0) is 26.2 Å². The average Bonchev–Trinajstić information content (AvgIpc) is 4.13. The third-order valence-corrected chi connectivity index (χ3v) is 11.1. The highest BCUT2D eigenvalue weighted by Gasteiger charge is 2.20. The van der Waals surface area contributed by atoms with Crippen molar-refractivity contribution in [3.63, 3.8) is 0 Å². The van der Waals surface area contributed by atoms with Crippen molar-refractivity contribution < 1.29 is 0 Å². The Hall–Kier alpha value is -8.08. The molecule has 8 aromatic heterocycles. The molecule has 0 saturated heterocycles. The van der Waals surface area contributed by atoms with E-state index in [1.165, 1.54) is 5.56 Å². The molecule has 2 aromatic carbocycles. The minimum atomic E-state index is 0.453. The van der Waals surface area contributed by atoms with E-state index in [2.05, 4.69) is 111 Å². The first-order valence-corrected chi connectivity index (χ1v) is 21.8. The van der Waals surface area contributed by atoms with Crippen molar-refractivity contribution in [1.82, 2.24) is 68.9 Å². The Morgan fingerprint density at radius 3 is 1.86 bits per heavy atom. The Labute approximate surface area is 381 Å². The van der Waals surface area contributed by atoms with Crippen LogP contribution in [0.15, 0.2) is 122 Å². The van der Waals surface area contributed by atoms with Gasteiger partial charge >= 0.3 is 0 Å². The van der Waals surface area contributed by atoms with Gasteiger partial charge < -0.3 is 30.4 Å². The van der Waals surface area contributed by atoms with Crippen LogP contribution in [0.4, 0.5) is 11.4 Å². The van der Waals surface area contributed by atoms with Crippen LogP contribution in [-0.4, -0.2) is 97.1 Å². The molecule has 0 amide bonds. The van der Waals surface area contributed by atoms with Crippen LogP contribution >= 0.6 is 0 Å². The van der Waals surface area contributed by atoms with Crippen LogP contribution in [0.2, 0.25) is 0 Å². The van der Waals surface area contributed by atoms with Crippen molar-refractivity contribution in [2.75, 3.05) is 38.8 Å². The fourth-order valence-corrected chi connectivity index (χ4v) is 8.15. The molecule has 0 fully saturated rings. The van der Waals surface area contributed by atoms with Crippen LogP contribution in [0.25, 0.3) is 68.0 Å². The van der Waals surface area contributed by atoms with Gasteiger partial charge in [-0.05, 0) is 132 Å². The molecule has 16 heteroatoms. The molecule has 0 aliphatic carbocycles. The van der Waals surface area contributed by atoms with Crippen molar-refractivity contribution in [3.8, 4) is 56.7 Å². The molecular weight excluding hydrogens is 825 g/mol. The summed E-state index contributed by atoms with van der Waals surface area (Å²) in [6.07, 6.45) is 5.48. The first-order chi connectivity index (χ1) is 32.1. The van der Waals surface area contributed by atoms with Crippen molar-refractivity contribution in [2.24, 2.45) is 0 Å². The summed E-state index contributed by atoms with van der Waals surface area (Å²) in [6.45, 7) is 6.51. The summed E-state index contributed by atoms with van der Waals surface area (Å²) < 4.78 is 3.58. The van der Waals surface area contributed by atoms with E-state index in [9.17, 15) is 0 Å². The van der Waals surface area contributed by atoms with Crippen LogP contribution < -0.4 is 10.6 Å². The number of hydrogen-bond donors (Lipinski definition) is 4. The monoisotopic (exact) mass is 874 g/mol. The molecule has 0 atom stereocenters. The Morgan fingerprint density at radius 2 is 1.20 bits per heavy atom. The molecule has 0 spiro atoms. The van der Waals surface area contributed by atoms with E-state index in [0.717, 1.165) is 109 Å². The van der Waals surface area contributed by atoms with Crippen LogP contribution in [0.1, 0.15) is 34.2 Å². The first-order valence-electron chi connectivity index (χ1n) is 21.8. The van der Waals surface area contributed by atoms with Crippen molar-refractivity contribution in [1.29, 1.82) is 0 Å². The van der Waals surface area contributed by atoms with Gasteiger partial charge in [-0.3, -0.25) is 9.97 Å². The number of nitrogens with zero attached hydrogens (tertiary/aromatic N) is 12. The van der Waals surface area contributed by atoms with Gasteiger partial charge in [-0.15, -0.1) is 5.10 Å². The van der Waals surface area contributed by atoms with E-state index in [0.29, 0.717) is 25.5 Å². The number of nitrogens with one attached hydrogen (secondary N) is 4. The summed E-state index contributed by atoms with van der Waals surface area (Å²) >= 11 is 0. The fraction of sp³-hybridized carbons (Fsp3) is 0.200. The van der Waals surface area contributed by atoms with Gasteiger partial charge in [0.25, 0.3) is 0 Å². The lowest BCUT2D eigenvalue weighted by atomic mass is 10.1. The molecule has 0 bridgehead atoms. The number of hydrogen-bond acceptors (Lipinski definition) is 12. The van der Waals surface area contributed by atoms with Crippen molar-refractivity contribution >= 4 is 22.7 Å². The lowest BCUT2D eigenvalue weighted by molar-refractivity contribution is 0.402. The molecule has 10 aromatic rings. The highest BCUT2D eigenvalue weighted by molar-refractivity contribution is 5.78. The number of anilines is 2. The second kappa shape index (κ2) is 17.8. The molecule has 66 heavy (non-hydrogen) atoms. The maximum Gasteiger partial charge on any atom is 0.182 e. The molecule has 4 N–H and O–H groups in total. The van der Waals surface area contributed by atoms with E-state index in [1.807, 2.05) is 91.4 Å². The van der Waals surface area contributed by atoms with Crippen LogP contribution in [0, 0.1) is 13.8 Å². The third-order valence-electron chi connectivity index (χ3n) is 11.1. The lowest BCUT2D eigenvalue weighted by Crippen LogP contribution is -2.13. The SMILES string of the molecule is Cc1cccc(-c2[nH]c(CNc3cccc(CN(C)C)c3)nc2-c2ccc3nc(-c4ccc(NCc5nc(-c6ccc7ncnn7c6)c(-c6cccc(C)n6)[nH]5)c(CN(C)C)c4)nn3c2)n1. The standard InChI is InChI=1S/C50H50N16/c1-31-10-7-14-40(55-31)48-46(35-17-20-44-53-30-54-65(44)28-35)58-43(60-48)25-52-39-19-16-34(23-37(39)27-64(5)6)50-61-45-21-18-36(29-66(45)62-50)47-49(41-15-8-11-32(2)56-41)59-42(57-47)24-51-38-13-9-12-33(22-38)26-63(3)4/h7-23,28-30,51-52H,24-27H2,1-6H3,(H,57,59)(H,58,60). The summed E-state index contributed by atoms with van der Waals surface area (Å²) in [5.41, 5.74) is 15.3. The maximum absolute atomic E-state index is 5.13. The second-order valence-corrected chi connectivity index (χ2v) is 17.0. The number of imidazole rings is 2. The molecule has 8 heterocycles. The molecule has 0 saturated carbocycles. The van der Waals surface area contributed by atoms with E-state index >= 15 is 0 Å². The summed E-state index contributed by atoms with van der Waals surface area (Å²) in [4.78, 5) is 40.6. The molecule has 330 valence electrons. The second-order valence-electron chi connectivity index (χ2n) is 17.0. The Kier molecular flexibility index (Phi) is 11.3. The zero-order chi connectivity index (χ0) is 45.3. The summed E-state index contributed by atoms with van der Waals surface area (Å²) in [5, 5.41) is 16.6. The lowest BCUT2D eigenvalue weighted by Gasteiger charge is -2.16. The highest BCUT2D eigenvalue weighted by Crippen LogP contribution is 2.33. The van der Waals surface area contributed by atoms with Gasteiger partial charge in [-0.1, -0.05) is 24.3 Å². The molecule has 0 unspecified atom stereocenters. The number of fused-ring (bicyclic) bond motifs is 2. The molecule has 10 rings (SSSR count). The predicted molar refractivity (Wildman–Crippen MR) is 258 cm³/mol. The Balaban J connectivity index is 0.925. The number of rotatable bonds is 15. The number of aryl methyl sites for hydroxylation is 2. The zero-order valence-electron chi connectivity index (χ0n) is 37.7. The predicted octanol–water partition coefficient (Wildman–Crippen LogP) is 8.31. The maximum atomic E-state index is 5.13. The highest BCUT2D eigenvalue weighted by atomic mass is 15.3. The molecule has 16 nitrogen and oxygen atoms in total. The van der Waals surface area contributed by atoms with Gasteiger partial charge in [0.1, 0.15) is 18.0 Å². The zero-order valence-corrected chi connectivity index (χ0v) is 37.7. The van der Waals surface area contributed by atoms with Crippen molar-refractivity contribution in [2.45, 2.75) is 40.0 Å². The topological polar surface area (TPSA) is 174 Å². The van der Waals surface area contributed by atoms with Gasteiger partial charge in [0.05, 0.1) is 47.3 Å². The quantitative estimate of drug-likeness (QED) is 0.0777. The van der Waals surface area contributed by atoms with E-state index in [4.69, 9.17) is 30.0 Å². The van der Waals surface area contributed by atoms with Crippen LogP contribution in [0.5, 0.6) is 0 Å². The van der Waals surface area contributed by atoms with Crippen LogP contribution in [0.3, 0.4) is 0 Å². The number of aromatic nitrogens is 12. The minimum absolute atomic E-state index is 0.453. The first kappa shape index (κ1) is 41.9. The Morgan fingerprint density at radius 1 is 0.576 bits per heavy atom. The van der Waals surface area contributed by atoms with E-state index in [-0.39, 0.29) is 0 Å². The van der Waals surface area contributed by atoms with E-state index < -0.39 is 0 Å². The van der Waals surface area contributed by atoms with Gasteiger partial charge in [-0.25, -0.2) is 29.0 Å². The molecule has 0 aliphatic rings. The third kappa shape index (κ3) is 9.00. The summed E-state index contributed by atoms with van der Waals surface area (Å²) in [7, 11) is 8.27. The Bertz CT molecular complexity index is 3330. The summed E-state index contributed by atoms with van der Waals surface area (Å²) in [5.74, 6) is 2.19.